The molecule has 136 valence electrons. The van der Waals surface area contributed by atoms with Crippen LogP contribution >= 0.6 is 0 Å². The molecule has 0 aliphatic heterocycles. The van der Waals surface area contributed by atoms with Gasteiger partial charge in [-0.15, -0.1) is 0 Å². The smallest absolute Gasteiger partial charge is 0.233 e. The summed E-state index contributed by atoms with van der Waals surface area (Å²) in [5.41, 5.74) is -3.54. The number of sulfonamides is 1. The van der Waals surface area contributed by atoms with Gasteiger partial charge in [0.2, 0.25) is 10.0 Å². The highest BCUT2D eigenvalue weighted by Gasteiger charge is 2.35. The first-order valence-electron chi connectivity index (χ1n) is 10.4. The Kier molecular flexibility index (Phi) is 2.68. The number of halogens is 3. The van der Waals surface area contributed by atoms with E-state index in [1.165, 1.54) is 0 Å². The summed E-state index contributed by atoms with van der Waals surface area (Å²) in [4.78, 5) is -0.331. The van der Waals surface area contributed by atoms with Gasteiger partial charge in [0.25, 0.3) is 0 Å². The summed E-state index contributed by atoms with van der Waals surface area (Å²) in [7, 11) is -4.10. The van der Waals surface area contributed by atoms with Crippen molar-refractivity contribution < 1.29 is 31.2 Å². The molecule has 2 aromatic carbocycles. The monoisotopic (exact) mass is 388 g/mol. The van der Waals surface area contributed by atoms with Gasteiger partial charge in [-0.1, -0.05) is 29.7 Å². The molecule has 0 amide bonds. The van der Waals surface area contributed by atoms with Crippen molar-refractivity contribution in [3.63, 3.8) is 0 Å². The zero-order valence-corrected chi connectivity index (χ0v) is 13.5. The van der Waals surface area contributed by atoms with Crippen LogP contribution in [0.5, 0.6) is 0 Å². The second kappa shape index (κ2) is 6.26. The lowest BCUT2D eigenvalue weighted by molar-refractivity contribution is -0.141. The van der Waals surface area contributed by atoms with Crippen molar-refractivity contribution in [2.45, 2.75) is 17.9 Å². The fourth-order valence-corrected chi connectivity index (χ4v) is 2.63. The van der Waals surface area contributed by atoms with E-state index in [0.717, 1.165) is 24.3 Å². The minimum Gasteiger partial charge on any atom is -0.233 e. The molecule has 1 heterocycles. The zero-order valence-electron chi connectivity index (χ0n) is 19.7. The van der Waals surface area contributed by atoms with Crippen LogP contribution in [0.3, 0.4) is 0 Å². The number of hydrogen-bond donors (Lipinski definition) is 1. The van der Waals surface area contributed by atoms with Gasteiger partial charge in [-0.3, -0.25) is 0 Å². The number of nitrogens with two attached hydrogens (primary N) is 1. The summed E-state index contributed by atoms with van der Waals surface area (Å²) in [5, 5.41) is 8.46. The van der Waals surface area contributed by atoms with Crippen molar-refractivity contribution in [3.05, 3.63) is 65.8 Å². The molecule has 1 aromatic heterocycles. The molecule has 26 heavy (non-hydrogen) atoms. The van der Waals surface area contributed by atoms with Gasteiger partial charge in [0.1, 0.15) is 0 Å². The van der Waals surface area contributed by atoms with E-state index >= 15 is 0 Å². The van der Waals surface area contributed by atoms with Crippen molar-refractivity contribution in [1.29, 1.82) is 0 Å². The van der Waals surface area contributed by atoms with Crippen LogP contribution < -0.4 is 5.14 Å². The first kappa shape index (κ1) is 11.1. The average Bonchev–Trinajstić information content (AvgIpc) is 3.10. The van der Waals surface area contributed by atoms with Crippen LogP contribution in [0, 0.1) is 6.85 Å². The largest absolute Gasteiger partial charge is 0.435 e. The third-order valence-electron chi connectivity index (χ3n) is 3.29. The van der Waals surface area contributed by atoms with Crippen molar-refractivity contribution in [1.82, 2.24) is 9.78 Å². The van der Waals surface area contributed by atoms with Gasteiger partial charge in [0.05, 0.1) is 21.8 Å². The van der Waals surface area contributed by atoms with Crippen LogP contribution in [0.2, 0.25) is 0 Å². The third kappa shape index (κ3) is 3.63. The van der Waals surface area contributed by atoms with Crippen molar-refractivity contribution >= 4 is 10.0 Å². The molecule has 0 atom stereocenters. The Morgan fingerprint density at radius 2 is 1.77 bits per heavy atom. The topological polar surface area (TPSA) is 78.0 Å². The molecule has 2 N–H and O–H groups in total. The molecule has 0 aliphatic rings. The molecule has 3 aromatic rings. The minimum absolute atomic E-state index is 0.107. The first-order chi connectivity index (χ1) is 14.9. The maximum Gasteiger partial charge on any atom is 0.435 e. The van der Waals surface area contributed by atoms with Gasteiger partial charge in [-0.2, -0.15) is 18.3 Å². The van der Waals surface area contributed by atoms with E-state index in [-0.39, 0.29) is 10.6 Å². The van der Waals surface area contributed by atoms with Gasteiger partial charge in [-0.25, -0.2) is 18.2 Å². The van der Waals surface area contributed by atoms with Gasteiger partial charge < -0.3 is 0 Å². The molecule has 0 aliphatic carbocycles. The average molecular weight is 388 g/mol. The standard InChI is InChI=1S/C17H14F3N3O2S/c1-11-2-4-12(5-3-11)15-10-16(17(18,19)20)22-23(15)13-6-8-14(9-7-13)26(21,24)25/h2-10H,1H3,(H2,21,24,25)/i1D3,2D,3D,4D,5D. The molecule has 0 fully saturated rings. The predicted octanol–water partition coefficient (Wildman–Crippen LogP) is 3.51. The lowest BCUT2D eigenvalue weighted by Crippen LogP contribution is -2.12. The zero-order chi connectivity index (χ0) is 25.1. The van der Waals surface area contributed by atoms with Gasteiger partial charge in [-0.05, 0) is 37.2 Å². The number of hydrogen-bond acceptors (Lipinski definition) is 3. The normalized spacial score (nSPS) is 16.7. The molecule has 0 saturated carbocycles. The first-order valence-corrected chi connectivity index (χ1v) is 8.41. The van der Waals surface area contributed by atoms with Crippen LogP contribution in [0.1, 0.15) is 20.9 Å². The lowest BCUT2D eigenvalue weighted by Gasteiger charge is -2.09. The van der Waals surface area contributed by atoms with Crippen molar-refractivity contribution in [2.24, 2.45) is 5.14 Å². The molecule has 0 bridgehead atoms. The summed E-state index contributed by atoms with van der Waals surface area (Å²) in [6, 6.07) is 1.07. The van der Waals surface area contributed by atoms with Crippen LogP contribution in [-0.2, 0) is 16.2 Å². The SMILES string of the molecule is [2H]c1c([2H])c(C([2H])([2H])[2H])c([2H])c([2H])c1-c1cc(C(F)(F)F)nn1-c1ccc(S(N)(=O)=O)cc1. The van der Waals surface area contributed by atoms with Crippen LogP contribution in [-0.4, -0.2) is 18.2 Å². The summed E-state index contributed by atoms with van der Waals surface area (Å²) in [5.74, 6) is 0. The Hall–Kier alpha value is -2.65. The molecule has 0 saturated heterocycles. The lowest BCUT2D eigenvalue weighted by atomic mass is 10.1. The summed E-state index contributed by atoms with van der Waals surface area (Å²) < 4.78 is 118. The number of alkyl halides is 3. The molecule has 0 unspecified atom stereocenters. The Bertz CT molecular complexity index is 1320. The Morgan fingerprint density at radius 1 is 1.15 bits per heavy atom. The third-order valence-corrected chi connectivity index (χ3v) is 4.22. The fourth-order valence-electron chi connectivity index (χ4n) is 2.11. The second-order valence-electron chi connectivity index (χ2n) is 5.11. The van der Waals surface area contributed by atoms with Crippen molar-refractivity contribution in [3.8, 4) is 16.9 Å². The molecule has 5 nitrogen and oxygen atoms in total. The van der Waals surface area contributed by atoms with E-state index in [4.69, 9.17) is 14.7 Å². The number of rotatable bonds is 3. The van der Waals surface area contributed by atoms with E-state index in [1.54, 1.807) is 0 Å². The number of benzene rings is 2. The Labute approximate surface area is 157 Å². The van der Waals surface area contributed by atoms with Gasteiger partial charge in [0, 0.05) is 9.68 Å². The minimum atomic E-state index is -4.95. The van der Waals surface area contributed by atoms with Crippen LogP contribution in [0.4, 0.5) is 13.2 Å². The van der Waals surface area contributed by atoms with E-state index in [0.29, 0.717) is 10.7 Å². The molecule has 0 radical (unpaired) electrons. The van der Waals surface area contributed by atoms with Crippen molar-refractivity contribution in [2.75, 3.05) is 0 Å². The van der Waals surface area contributed by atoms with Gasteiger partial charge in [0.15, 0.2) is 5.69 Å². The van der Waals surface area contributed by atoms with E-state index in [1.807, 2.05) is 0 Å². The Morgan fingerprint density at radius 3 is 2.27 bits per heavy atom. The van der Waals surface area contributed by atoms with Crippen LogP contribution in [0.25, 0.3) is 16.9 Å². The summed E-state index contributed by atoms with van der Waals surface area (Å²) >= 11 is 0. The number of primary sulfonamides is 1. The highest BCUT2D eigenvalue weighted by Crippen LogP contribution is 2.33. The summed E-state index contributed by atoms with van der Waals surface area (Å²) in [6.45, 7) is -3.00. The van der Waals surface area contributed by atoms with E-state index < -0.39 is 69.7 Å². The highest BCUT2D eigenvalue weighted by molar-refractivity contribution is 7.89. The quantitative estimate of drug-likeness (QED) is 0.746. The fraction of sp³-hybridized carbons (Fsp3) is 0.118. The maximum absolute atomic E-state index is 13.4. The highest BCUT2D eigenvalue weighted by atomic mass is 32.2. The molecular weight excluding hydrogens is 367 g/mol. The second-order valence-corrected chi connectivity index (χ2v) is 6.67. The van der Waals surface area contributed by atoms with E-state index in [9.17, 15) is 21.6 Å². The van der Waals surface area contributed by atoms with Gasteiger partial charge >= 0.3 is 6.18 Å². The molecule has 3 rings (SSSR count). The molecule has 0 spiro atoms. The summed E-state index contributed by atoms with van der Waals surface area (Å²) in [6.07, 6.45) is -4.95. The predicted molar refractivity (Wildman–Crippen MR) is 90.1 cm³/mol. The Balaban J connectivity index is 2.36. The maximum atomic E-state index is 13.4. The number of aromatic nitrogens is 2. The molecule has 9 heteroatoms. The number of nitrogens with zero attached hydrogens (tertiary/aromatic N) is 2. The molecular formula is C17H14F3N3O2S. The van der Waals surface area contributed by atoms with Crippen LogP contribution in [0.15, 0.2) is 59.4 Å². The van der Waals surface area contributed by atoms with E-state index in [2.05, 4.69) is 5.10 Å².